The second-order valence-electron chi connectivity index (χ2n) is 7.35. The minimum Gasteiger partial charge on any atom is -0.494 e. The van der Waals surface area contributed by atoms with Crippen molar-refractivity contribution < 1.29 is 4.74 Å². The van der Waals surface area contributed by atoms with E-state index < -0.39 is 0 Å². The lowest BCUT2D eigenvalue weighted by Crippen LogP contribution is -2.16. The molecule has 0 saturated carbocycles. The molecular weight excluding hydrogens is 440 g/mol. The second kappa shape index (κ2) is 8.40. The van der Waals surface area contributed by atoms with Crippen molar-refractivity contribution in [1.29, 1.82) is 0 Å². The van der Waals surface area contributed by atoms with Gasteiger partial charge in [-0.05, 0) is 48.9 Å². The average molecular weight is 459 g/mol. The monoisotopic (exact) mass is 458 g/mol. The van der Waals surface area contributed by atoms with Crippen molar-refractivity contribution in [3.63, 3.8) is 0 Å². The van der Waals surface area contributed by atoms with Gasteiger partial charge in [0.2, 0.25) is 5.43 Å². The van der Waals surface area contributed by atoms with Gasteiger partial charge >= 0.3 is 0 Å². The zero-order valence-electron chi connectivity index (χ0n) is 17.9. The number of hydrogen-bond donors (Lipinski definition) is 0. The zero-order chi connectivity index (χ0) is 22.9. The fourth-order valence-corrected chi connectivity index (χ4v) is 3.83. The molecular formula is C24H19ClN6O2. The highest BCUT2D eigenvalue weighted by atomic mass is 35.5. The van der Waals surface area contributed by atoms with E-state index in [1.807, 2.05) is 49.5 Å². The van der Waals surface area contributed by atoms with Crippen LogP contribution >= 0.6 is 11.6 Å². The average Bonchev–Trinajstić information content (AvgIpc) is 3.49. The van der Waals surface area contributed by atoms with Crippen LogP contribution in [0.4, 0.5) is 0 Å². The third-order valence-electron chi connectivity index (χ3n) is 5.22. The van der Waals surface area contributed by atoms with Crippen LogP contribution in [0.15, 0.2) is 84.2 Å². The van der Waals surface area contributed by atoms with Crippen molar-refractivity contribution in [2.24, 2.45) is 0 Å². The summed E-state index contributed by atoms with van der Waals surface area (Å²) >= 11 is 6.18. The van der Waals surface area contributed by atoms with Crippen molar-refractivity contribution in [3.8, 4) is 34.2 Å². The van der Waals surface area contributed by atoms with Crippen molar-refractivity contribution in [3.05, 3.63) is 100 Å². The van der Waals surface area contributed by atoms with E-state index in [1.54, 1.807) is 51.9 Å². The summed E-state index contributed by atoms with van der Waals surface area (Å²) in [5, 5.41) is 14.0. The second-order valence-corrected chi connectivity index (χ2v) is 7.78. The molecule has 164 valence electrons. The molecule has 0 radical (unpaired) electrons. The first-order chi connectivity index (χ1) is 16.0. The lowest BCUT2D eigenvalue weighted by molar-refractivity contribution is 0.411. The Morgan fingerprint density at radius 3 is 2.58 bits per heavy atom. The van der Waals surface area contributed by atoms with Gasteiger partial charge in [-0.15, -0.1) is 0 Å². The van der Waals surface area contributed by atoms with Gasteiger partial charge in [0.05, 0.1) is 24.7 Å². The Balaban J connectivity index is 1.64. The Hall–Kier alpha value is -4.17. The first kappa shape index (κ1) is 20.7. The molecule has 0 saturated heterocycles. The van der Waals surface area contributed by atoms with Gasteiger partial charge in [-0.1, -0.05) is 17.7 Å². The van der Waals surface area contributed by atoms with Crippen LogP contribution in [0.1, 0.15) is 5.56 Å². The van der Waals surface area contributed by atoms with Crippen LogP contribution in [0, 0.1) is 6.92 Å². The molecule has 3 aromatic heterocycles. The predicted molar refractivity (Wildman–Crippen MR) is 126 cm³/mol. The molecule has 3 heterocycles. The summed E-state index contributed by atoms with van der Waals surface area (Å²) in [6, 6.07) is 16.3. The van der Waals surface area contributed by atoms with E-state index in [0.717, 1.165) is 16.9 Å². The number of nitrogens with zero attached hydrogens (tertiary/aromatic N) is 6. The van der Waals surface area contributed by atoms with Crippen LogP contribution in [0.5, 0.6) is 5.75 Å². The molecule has 2 aromatic carbocycles. The fourth-order valence-electron chi connectivity index (χ4n) is 3.65. The van der Waals surface area contributed by atoms with Gasteiger partial charge < -0.3 is 4.74 Å². The van der Waals surface area contributed by atoms with Crippen LogP contribution in [0.25, 0.3) is 28.5 Å². The summed E-state index contributed by atoms with van der Waals surface area (Å²) in [6.07, 6.45) is 6.88. The molecule has 0 aliphatic rings. The van der Waals surface area contributed by atoms with Gasteiger partial charge in [0.25, 0.3) is 0 Å². The van der Waals surface area contributed by atoms with Crippen LogP contribution in [-0.4, -0.2) is 36.5 Å². The highest BCUT2D eigenvalue weighted by molar-refractivity contribution is 6.30. The molecule has 0 aliphatic heterocycles. The third kappa shape index (κ3) is 3.81. The molecule has 0 unspecified atom stereocenters. The SMILES string of the molecule is COc1cc(-n2cccn2)ccc1-n1ccc(=O)c(-c2c(C)cnn2-c2cccc(Cl)c2)n1. The quantitative estimate of drug-likeness (QED) is 0.393. The fraction of sp³-hybridized carbons (Fsp3) is 0.0833. The van der Waals surface area contributed by atoms with Crippen molar-refractivity contribution in [2.45, 2.75) is 6.92 Å². The molecule has 0 atom stereocenters. The predicted octanol–water partition coefficient (Wildman–Crippen LogP) is 4.24. The van der Waals surface area contributed by atoms with E-state index in [0.29, 0.717) is 22.2 Å². The molecule has 0 N–H and O–H groups in total. The van der Waals surface area contributed by atoms with E-state index in [4.69, 9.17) is 16.3 Å². The van der Waals surface area contributed by atoms with Crippen LogP contribution in [0.3, 0.4) is 0 Å². The summed E-state index contributed by atoms with van der Waals surface area (Å²) in [5.74, 6) is 0.588. The number of aromatic nitrogens is 6. The maximum absolute atomic E-state index is 12.9. The van der Waals surface area contributed by atoms with Crippen molar-refractivity contribution in [1.82, 2.24) is 29.3 Å². The maximum Gasteiger partial charge on any atom is 0.209 e. The maximum atomic E-state index is 12.9. The Bertz CT molecular complexity index is 1500. The van der Waals surface area contributed by atoms with E-state index in [1.165, 1.54) is 6.07 Å². The Morgan fingerprint density at radius 1 is 0.939 bits per heavy atom. The van der Waals surface area contributed by atoms with Gasteiger partial charge in [0.15, 0.2) is 5.69 Å². The molecule has 5 rings (SSSR count). The number of halogens is 1. The van der Waals surface area contributed by atoms with E-state index >= 15 is 0 Å². The normalized spacial score (nSPS) is 11.0. The summed E-state index contributed by atoms with van der Waals surface area (Å²) < 4.78 is 10.7. The van der Waals surface area contributed by atoms with Crippen LogP contribution in [0.2, 0.25) is 5.02 Å². The minimum absolute atomic E-state index is 0.217. The number of methoxy groups -OCH3 is 1. The summed E-state index contributed by atoms with van der Waals surface area (Å²) in [6.45, 7) is 1.89. The molecule has 0 fully saturated rings. The Morgan fingerprint density at radius 2 is 1.82 bits per heavy atom. The Labute approximate surface area is 194 Å². The first-order valence-corrected chi connectivity index (χ1v) is 10.5. The van der Waals surface area contributed by atoms with Crippen molar-refractivity contribution in [2.75, 3.05) is 7.11 Å². The molecule has 0 amide bonds. The van der Waals surface area contributed by atoms with Gasteiger partial charge in [-0.25, -0.2) is 14.0 Å². The topological polar surface area (TPSA) is 79.8 Å². The highest BCUT2D eigenvalue weighted by Crippen LogP contribution is 2.27. The molecule has 0 spiro atoms. The first-order valence-electron chi connectivity index (χ1n) is 10.1. The van der Waals surface area contributed by atoms with Crippen LogP contribution in [-0.2, 0) is 0 Å². The molecule has 9 heteroatoms. The Kier molecular flexibility index (Phi) is 5.27. The highest BCUT2D eigenvalue weighted by Gasteiger charge is 2.18. The molecule has 0 aliphatic carbocycles. The standard InChI is InChI=1S/C24H19ClN6O2/c1-16-15-27-31(19-6-3-5-17(25)13-19)24(16)23-21(32)9-12-30(28-23)20-8-7-18(14-22(20)33-2)29-11-4-10-26-29/h3-15H,1-2H3. The smallest absolute Gasteiger partial charge is 0.209 e. The number of benzene rings is 2. The van der Waals surface area contributed by atoms with E-state index in [-0.39, 0.29) is 11.1 Å². The number of hydrogen-bond acceptors (Lipinski definition) is 5. The van der Waals surface area contributed by atoms with E-state index in [9.17, 15) is 4.79 Å². The number of aryl methyl sites for hydroxylation is 1. The van der Waals surface area contributed by atoms with Crippen molar-refractivity contribution >= 4 is 11.6 Å². The van der Waals surface area contributed by atoms with Gasteiger partial charge in [-0.3, -0.25) is 4.79 Å². The summed E-state index contributed by atoms with van der Waals surface area (Å²) in [7, 11) is 1.59. The largest absolute Gasteiger partial charge is 0.494 e. The van der Waals surface area contributed by atoms with Gasteiger partial charge in [-0.2, -0.15) is 15.3 Å². The summed E-state index contributed by atoms with van der Waals surface area (Å²) in [4.78, 5) is 12.9. The molecule has 8 nitrogen and oxygen atoms in total. The lowest BCUT2D eigenvalue weighted by atomic mass is 10.2. The van der Waals surface area contributed by atoms with Crippen LogP contribution < -0.4 is 10.2 Å². The summed E-state index contributed by atoms with van der Waals surface area (Å²) in [5.41, 5.74) is 3.74. The van der Waals surface area contributed by atoms with E-state index in [2.05, 4.69) is 15.3 Å². The minimum atomic E-state index is -0.217. The number of ether oxygens (including phenoxy) is 1. The van der Waals surface area contributed by atoms with Gasteiger partial charge in [0.1, 0.15) is 17.1 Å². The zero-order valence-corrected chi connectivity index (χ0v) is 18.6. The third-order valence-corrected chi connectivity index (χ3v) is 5.45. The van der Waals surface area contributed by atoms with Gasteiger partial charge in [0, 0.05) is 35.7 Å². The molecule has 0 bridgehead atoms. The molecule has 33 heavy (non-hydrogen) atoms. The molecule has 5 aromatic rings. The number of rotatable bonds is 5. The lowest BCUT2D eigenvalue weighted by Gasteiger charge is -2.14.